The summed E-state index contributed by atoms with van der Waals surface area (Å²) in [6.07, 6.45) is 0. The Morgan fingerprint density at radius 2 is 1.52 bits per heavy atom. The summed E-state index contributed by atoms with van der Waals surface area (Å²) < 4.78 is 12.8. The molecule has 0 spiro atoms. The molecule has 21 heavy (non-hydrogen) atoms. The highest BCUT2D eigenvalue weighted by molar-refractivity contribution is 9.10. The lowest BCUT2D eigenvalue weighted by Gasteiger charge is -2.21. The maximum Gasteiger partial charge on any atom is 0.161 e. The van der Waals surface area contributed by atoms with E-state index in [1.165, 1.54) is 0 Å². The summed E-state index contributed by atoms with van der Waals surface area (Å²) in [4.78, 5) is 0. The third kappa shape index (κ3) is 3.42. The molecule has 0 saturated heterocycles. The van der Waals surface area contributed by atoms with Crippen LogP contribution in [0.4, 0.5) is 0 Å². The molecule has 0 bridgehead atoms. The summed E-state index contributed by atoms with van der Waals surface area (Å²) in [6.45, 7) is 0. The Bertz CT molecular complexity index is 632. The Kier molecular flexibility index (Phi) is 5.67. The summed E-state index contributed by atoms with van der Waals surface area (Å²) in [6, 6.07) is 12.1. The van der Waals surface area contributed by atoms with Crippen LogP contribution < -0.4 is 14.8 Å². The van der Waals surface area contributed by atoms with Gasteiger partial charge >= 0.3 is 0 Å². The minimum absolute atomic E-state index is 0.0368. The number of rotatable bonds is 5. The normalized spacial score (nSPS) is 12.0. The van der Waals surface area contributed by atoms with Crippen LogP contribution in [0.3, 0.4) is 0 Å². The van der Waals surface area contributed by atoms with Gasteiger partial charge in [-0.05, 0) is 36.4 Å². The van der Waals surface area contributed by atoms with E-state index in [2.05, 4.69) is 43.2 Å². The lowest BCUT2D eigenvalue weighted by molar-refractivity contribution is 0.354. The molecule has 1 N–H and O–H groups in total. The van der Waals surface area contributed by atoms with E-state index in [-0.39, 0.29) is 6.04 Å². The Labute approximate surface area is 141 Å². The van der Waals surface area contributed by atoms with Crippen molar-refractivity contribution in [2.24, 2.45) is 0 Å². The second-order valence-corrected chi connectivity index (χ2v) is 6.18. The molecule has 2 aromatic rings. The topological polar surface area (TPSA) is 30.5 Å². The van der Waals surface area contributed by atoms with Crippen LogP contribution in [-0.4, -0.2) is 21.3 Å². The zero-order valence-electron chi connectivity index (χ0n) is 12.1. The van der Waals surface area contributed by atoms with Crippen molar-refractivity contribution in [2.45, 2.75) is 6.04 Å². The number of ether oxygens (including phenoxy) is 2. The molecule has 1 unspecified atom stereocenters. The van der Waals surface area contributed by atoms with E-state index in [1.807, 2.05) is 37.4 Å². The third-order valence-electron chi connectivity index (χ3n) is 3.32. The molecular weight excluding hydrogens is 398 g/mol. The molecule has 0 fully saturated rings. The number of hydrogen-bond donors (Lipinski definition) is 1. The first-order valence-electron chi connectivity index (χ1n) is 6.45. The van der Waals surface area contributed by atoms with Crippen LogP contribution in [0.25, 0.3) is 0 Å². The molecule has 0 aliphatic rings. The van der Waals surface area contributed by atoms with E-state index >= 15 is 0 Å². The van der Waals surface area contributed by atoms with E-state index in [9.17, 15) is 0 Å². The molecule has 0 aliphatic carbocycles. The molecular formula is C16H17Br2NO2. The largest absolute Gasteiger partial charge is 0.493 e. The van der Waals surface area contributed by atoms with Gasteiger partial charge in [0.1, 0.15) is 0 Å². The van der Waals surface area contributed by atoms with E-state index in [0.29, 0.717) is 11.5 Å². The summed E-state index contributed by atoms with van der Waals surface area (Å²) in [7, 11) is 5.21. The molecule has 0 radical (unpaired) electrons. The zero-order chi connectivity index (χ0) is 15.4. The Morgan fingerprint density at radius 3 is 2.10 bits per heavy atom. The second-order valence-electron chi connectivity index (χ2n) is 4.47. The Hall–Kier alpha value is -1.04. The van der Waals surface area contributed by atoms with Gasteiger partial charge in [-0.3, -0.25) is 0 Å². The maximum atomic E-state index is 5.41. The summed E-state index contributed by atoms with van der Waals surface area (Å²) in [5, 5.41) is 3.35. The number of nitrogens with one attached hydrogen (secondary N) is 1. The van der Waals surface area contributed by atoms with Crippen molar-refractivity contribution in [3.63, 3.8) is 0 Å². The van der Waals surface area contributed by atoms with Gasteiger partial charge in [0.05, 0.1) is 20.3 Å². The first-order chi connectivity index (χ1) is 10.1. The average molecular weight is 415 g/mol. The summed E-state index contributed by atoms with van der Waals surface area (Å²) >= 11 is 7.24. The molecule has 0 heterocycles. The van der Waals surface area contributed by atoms with Gasteiger partial charge in [0, 0.05) is 8.95 Å². The molecule has 0 aromatic heterocycles. The first kappa shape index (κ1) is 16.3. The van der Waals surface area contributed by atoms with E-state index in [0.717, 1.165) is 20.1 Å². The fourth-order valence-corrected chi connectivity index (χ4v) is 3.34. The molecule has 1 atom stereocenters. The van der Waals surface area contributed by atoms with Crippen molar-refractivity contribution >= 4 is 31.9 Å². The van der Waals surface area contributed by atoms with E-state index < -0.39 is 0 Å². The number of methoxy groups -OCH3 is 2. The highest BCUT2D eigenvalue weighted by Gasteiger charge is 2.20. The minimum Gasteiger partial charge on any atom is -0.493 e. The third-order valence-corrected chi connectivity index (χ3v) is 4.73. The van der Waals surface area contributed by atoms with Gasteiger partial charge in [0.15, 0.2) is 11.5 Å². The van der Waals surface area contributed by atoms with Crippen molar-refractivity contribution in [3.8, 4) is 11.5 Å². The number of benzene rings is 2. The highest BCUT2D eigenvalue weighted by atomic mass is 79.9. The van der Waals surface area contributed by atoms with Crippen molar-refractivity contribution < 1.29 is 9.47 Å². The van der Waals surface area contributed by atoms with Gasteiger partial charge in [0.25, 0.3) is 0 Å². The van der Waals surface area contributed by atoms with Crippen LogP contribution >= 0.6 is 31.9 Å². The highest BCUT2D eigenvalue weighted by Crippen LogP contribution is 2.39. The zero-order valence-corrected chi connectivity index (χ0v) is 15.3. The van der Waals surface area contributed by atoms with Crippen LogP contribution in [0.5, 0.6) is 11.5 Å². The average Bonchev–Trinajstić information content (AvgIpc) is 2.50. The maximum absolute atomic E-state index is 5.41. The first-order valence-corrected chi connectivity index (χ1v) is 8.04. The molecule has 2 rings (SSSR count). The second kappa shape index (κ2) is 7.29. The SMILES string of the molecule is CNC(c1ccccc1Br)c1cc(OC)c(OC)cc1Br. The van der Waals surface area contributed by atoms with Crippen LogP contribution in [0.1, 0.15) is 17.2 Å². The molecule has 0 saturated carbocycles. The van der Waals surface area contributed by atoms with Crippen molar-refractivity contribution in [1.29, 1.82) is 0 Å². The van der Waals surface area contributed by atoms with Crippen LogP contribution in [-0.2, 0) is 0 Å². The van der Waals surface area contributed by atoms with E-state index in [4.69, 9.17) is 9.47 Å². The molecule has 2 aromatic carbocycles. The Balaban J connectivity index is 2.55. The molecule has 3 nitrogen and oxygen atoms in total. The lowest BCUT2D eigenvalue weighted by Crippen LogP contribution is -2.18. The minimum atomic E-state index is 0.0368. The van der Waals surface area contributed by atoms with Crippen molar-refractivity contribution in [2.75, 3.05) is 21.3 Å². The van der Waals surface area contributed by atoms with Gasteiger partial charge in [-0.15, -0.1) is 0 Å². The summed E-state index contributed by atoms with van der Waals surface area (Å²) in [5.41, 5.74) is 2.25. The van der Waals surface area contributed by atoms with Crippen LogP contribution in [0, 0.1) is 0 Å². The fourth-order valence-electron chi connectivity index (χ4n) is 2.28. The lowest BCUT2D eigenvalue weighted by atomic mass is 9.98. The van der Waals surface area contributed by atoms with Gasteiger partial charge < -0.3 is 14.8 Å². The number of halogens is 2. The van der Waals surface area contributed by atoms with E-state index in [1.54, 1.807) is 14.2 Å². The predicted molar refractivity (Wildman–Crippen MR) is 92.3 cm³/mol. The van der Waals surface area contributed by atoms with Gasteiger partial charge in [-0.25, -0.2) is 0 Å². The molecule has 5 heteroatoms. The van der Waals surface area contributed by atoms with Crippen LogP contribution in [0.15, 0.2) is 45.3 Å². The Morgan fingerprint density at radius 1 is 0.905 bits per heavy atom. The van der Waals surface area contributed by atoms with Crippen molar-refractivity contribution in [3.05, 3.63) is 56.5 Å². The monoisotopic (exact) mass is 413 g/mol. The number of hydrogen-bond acceptors (Lipinski definition) is 3. The molecule has 112 valence electrons. The smallest absolute Gasteiger partial charge is 0.161 e. The fraction of sp³-hybridized carbons (Fsp3) is 0.250. The molecule has 0 amide bonds. The molecule has 0 aliphatic heterocycles. The standard InChI is InChI=1S/C16H17Br2NO2/c1-19-16(10-6-4-5-7-12(10)17)11-8-14(20-2)15(21-3)9-13(11)18/h4-9,16,19H,1-3H3. The van der Waals surface area contributed by atoms with Gasteiger partial charge in [0.2, 0.25) is 0 Å². The van der Waals surface area contributed by atoms with Crippen molar-refractivity contribution in [1.82, 2.24) is 5.32 Å². The summed E-state index contributed by atoms with van der Waals surface area (Å²) in [5.74, 6) is 1.41. The van der Waals surface area contributed by atoms with Crippen LogP contribution in [0.2, 0.25) is 0 Å². The van der Waals surface area contributed by atoms with Gasteiger partial charge in [-0.1, -0.05) is 50.1 Å². The quantitative estimate of drug-likeness (QED) is 0.779. The van der Waals surface area contributed by atoms with Gasteiger partial charge in [-0.2, -0.15) is 0 Å². The predicted octanol–water partition coefficient (Wildman–Crippen LogP) is 4.54.